The molecule has 18 heavy (non-hydrogen) atoms. The molecule has 1 aromatic rings. The summed E-state index contributed by atoms with van der Waals surface area (Å²) in [6.07, 6.45) is 2.76. The summed E-state index contributed by atoms with van der Waals surface area (Å²) in [4.78, 5) is 2.53. The highest BCUT2D eigenvalue weighted by molar-refractivity contribution is 9.10. The second kappa shape index (κ2) is 6.58. The lowest BCUT2D eigenvalue weighted by Gasteiger charge is -2.33. The van der Waals surface area contributed by atoms with E-state index in [1.807, 2.05) is 24.3 Å². The average Bonchev–Trinajstić information content (AvgIpc) is 2.32. The van der Waals surface area contributed by atoms with E-state index < -0.39 is 0 Å². The Morgan fingerprint density at radius 3 is 2.72 bits per heavy atom. The van der Waals surface area contributed by atoms with Crippen molar-refractivity contribution in [2.24, 2.45) is 5.92 Å². The van der Waals surface area contributed by atoms with Crippen molar-refractivity contribution in [3.63, 3.8) is 0 Å². The molecule has 1 fully saturated rings. The molecule has 1 saturated heterocycles. The van der Waals surface area contributed by atoms with E-state index in [1.165, 1.54) is 25.9 Å². The third kappa shape index (κ3) is 4.29. The van der Waals surface area contributed by atoms with Gasteiger partial charge in [-0.2, -0.15) is 0 Å². The fourth-order valence-corrected chi connectivity index (χ4v) is 2.76. The second-order valence-electron chi connectivity index (χ2n) is 5.49. The average molecular weight is 312 g/mol. The first-order valence-corrected chi connectivity index (χ1v) is 7.57. The van der Waals surface area contributed by atoms with Gasteiger partial charge in [0.2, 0.25) is 0 Å². The van der Waals surface area contributed by atoms with Crippen LogP contribution in [0.2, 0.25) is 0 Å². The highest BCUT2D eigenvalue weighted by atomic mass is 79.9. The standard InChI is InChI=1S/C15H22BrNO/c1-12(2)10-17-9-3-4-15(11-17)18-14-7-5-13(16)6-8-14/h5-8,12,15H,3-4,9-11H2,1-2H3. The summed E-state index contributed by atoms with van der Waals surface area (Å²) in [5, 5.41) is 0. The Morgan fingerprint density at radius 1 is 1.33 bits per heavy atom. The van der Waals surface area contributed by atoms with E-state index in [2.05, 4.69) is 34.7 Å². The minimum atomic E-state index is 0.346. The van der Waals surface area contributed by atoms with Gasteiger partial charge in [-0.25, -0.2) is 0 Å². The van der Waals surface area contributed by atoms with Gasteiger partial charge in [0.15, 0.2) is 0 Å². The Bertz CT molecular complexity index is 363. The number of halogens is 1. The zero-order chi connectivity index (χ0) is 13.0. The van der Waals surface area contributed by atoms with Gasteiger partial charge in [0, 0.05) is 17.6 Å². The molecule has 1 atom stereocenters. The van der Waals surface area contributed by atoms with E-state index in [1.54, 1.807) is 0 Å². The Balaban J connectivity index is 1.87. The van der Waals surface area contributed by atoms with Crippen molar-refractivity contribution in [3.8, 4) is 5.75 Å². The molecule has 3 heteroatoms. The minimum Gasteiger partial charge on any atom is -0.489 e. The number of rotatable bonds is 4. The molecule has 2 nitrogen and oxygen atoms in total. The Morgan fingerprint density at radius 2 is 2.06 bits per heavy atom. The van der Waals surface area contributed by atoms with Crippen LogP contribution in [-0.2, 0) is 0 Å². The Hall–Kier alpha value is -0.540. The van der Waals surface area contributed by atoms with Crippen LogP contribution in [0.1, 0.15) is 26.7 Å². The van der Waals surface area contributed by atoms with Crippen LogP contribution in [0.25, 0.3) is 0 Å². The largest absolute Gasteiger partial charge is 0.489 e. The molecule has 0 spiro atoms. The van der Waals surface area contributed by atoms with Gasteiger partial charge in [-0.15, -0.1) is 0 Å². The van der Waals surface area contributed by atoms with Crippen LogP contribution in [0, 0.1) is 5.92 Å². The molecule has 100 valence electrons. The summed E-state index contributed by atoms with van der Waals surface area (Å²) >= 11 is 3.44. The number of ether oxygens (including phenoxy) is 1. The van der Waals surface area contributed by atoms with Crippen LogP contribution in [0.15, 0.2) is 28.7 Å². The quantitative estimate of drug-likeness (QED) is 0.835. The first-order chi connectivity index (χ1) is 8.63. The number of hydrogen-bond donors (Lipinski definition) is 0. The summed E-state index contributed by atoms with van der Waals surface area (Å²) < 4.78 is 7.16. The number of hydrogen-bond acceptors (Lipinski definition) is 2. The van der Waals surface area contributed by atoms with Gasteiger partial charge in [0.05, 0.1) is 0 Å². The van der Waals surface area contributed by atoms with E-state index in [4.69, 9.17) is 4.74 Å². The molecule has 0 aromatic heterocycles. The Kier molecular flexibility index (Phi) is 5.07. The van der Waals surface area contributed by atoms with Gasteiger partial charge in [-0.1, -0.05) is 29.8 Å². The molecule has 0 N–H and O–H groups in total. The maximum atomic E-state index is 6.06. The van der Waals surface area contributed by atoms with Gasteiger partial charge >= 0.3 is 0 Å². The van der Waals surface area contributed by atoms with Crippen LogP contribution in [-0.4, -0.2) is 30.6 Å². The van der Waals surface area contributed by atoms with Crippen LogP contribution in [0.4, 0.5) is 0 Å². The molecule has 1 aliphatic rings. The number of piperidine rings is 1. The fourth-order valence-electron chi connectivity index (χ4n) is 2.50. The number of nitrogens with zero attached hydrogens (tertiary/aromatic N) is 1. The molecule has 0 radical (unpaired) electrons. The molecule has 0 saturated carbocycles. The van der Waals surface area contributed by atoms with Gasteiger partial charge in [0.1, 0.15) is 11.9 Å². The van der Waals surface area contributed by atoms with Crippen LogP contribution >= 0.6 is 15.9 Å². The molecule has 0 amide bonds. The zero-order valence-electron chi connectivity index (χ0n) is 11.2. The predicted molar refractivity (Wildman–Crippen MR) is 79.1 cm³/mol. The lowest BCUT2D eigenvalue weighted by Crippen LogP contribution is -2.42. The van der Waals surface area contributed by atoms with Crippen LogP contribution in [0.3, 0.4) is 0 Å². The lowest BCUT2D eigenvalue weighted by atomic mass is 10.1. The van der Waals surface area contributed by atoms with Crippen molar-refractivity contribution in [3.05, 3.63) is 28.7 Å². The normalized spacial score (nSPS) is 21.2. The van der Waals surface area contributed by atoms with Crippen molar-refractivity contribution < 1.29 is 4.74 Å². The Labute approximate surface area is 118 Å². The molecule has 1 aliphatic heterocycles. The van der Waals surface area contributed by atoms with E-state index in [0.717, 1.165) is 22.7 Å². The van der Waals surface area contributed by atoms with E-state index >= 15 is 0 Å². The molecular weight excluding hydrogens is 290 g/mol. The van der Waals surface area contributed by atoms with Crippen molar-refractivity contribution in [1.29, 1.82) is 0 Å². The molecule has 0 bridgehead atoms. The fraction of sp³-hybridized carbons (Fsp3) is 0.600. The first kappa shape index (κ1) is 13.9. The second-order valence-corrected chi connectivity index (χ2v) is 6.41. The molecule has 2 rings (SSSR count). The lowest BCUT2D eigenvalue weighted by molar-refractivity contribution is 0.0816. The number of benzene rings is 1. The third-order valence-electron chi connectivity index (χ3n) is 3.20. The van der Waals surface area contributed by atoms with Gasteiger partial charge in [-0.05, 0) is 49.6 Å². The summed E-state index contributed by atoms with van der Waals surface area (Å²) in [5.41, 5.74) is 0. The molecule has 1 aromatic carbocycles. The molecule has 0 aliphatic carbocycles. The number of likely N-dealkylation sites (tertiary alicyclic amines) is 1. The maximum Gasteiger partial charge on any atom is 0.119 e. The van der Waals surface area contributed by atoms with Crippen molar-refractivity contribution in [2.75, 3.05) is 19.6 Å². The minimum absolute atomic E-state index is 0.346. The van der Waals surface area contributed by atoms with Crippen molar-refractivity contribution in [1.82, 2.24) is 4.90 Å². The van der Waals surface area contributed by atoms with Crippen molar-refractivity contribution in [2.45, 2.75) is 32.8 Å². The smallest absolute Gasteiger partial charge is 0.119 e. The van der Waals surface area contributed by atoms with E-state index in [-0.39, 0.29) is 0 Å². The topological polar surface area (TPSA) is 12.5 Å². The molecule has 1 heterocycles. The van der Waals surface area contributed by atoms with Crippen LogP contribution in [0.5, 0.6) is 5.75 Å². The summed E-state index contributed by atoms with van der Waals surface area (Å²) in [5.74, 6) is 1.71. The molecular formula is C15H22BrNO. The zero-order valence-corrected chi connectivity index (χ0v) is 12.8. The van der Waals surface area contributed by atoms with Gasteiger partial charge < -0.3 is 4.74 Å². The maximum absolute atomic E-state index is 6.06. The summed E-state index contributed by atoms with van der Waals surface area (Å²) in [7, 11) is 0. The summed E-state index contributed by atoms with van der Waals surface area (Å²) in [6, 6.07) is 8.13. The first-order valence-electron chi connectivity index (χ1n) is 6.78. The predicted octanol–water partition coefficient (Wildman–Crippen LogP) is 3.95. The highest BCUT2D eigenvalue weighted by Crippen LogP contribution is 2.21. The van der Waals surface area contributed by atoms with Crippen molar-refractivity contribution >= 4 is 15.9 Å². The van der Waals surface area contributed by atoms with Crippen LogP contribution < -0.4 is 4.74 Å². The van der Waals surface area contributed by atoms with Gasteiger partial charge in [-0.3, -0.25) is 4.90 Å². The monoisotopic (exact) mass is 311 g/mol. The summed E-state index contributed by atoms with van der Waals surface area (Å²) in [6.45, 7) is 8.02. The SMILES string of the molecule is CC(C)CN1CCCC(Oc2ccc(Br)cc2)C1. The van der Waals surface area contributed by atoms with E-state index in [0.29, 0.717) is 6.10 Å². The molecule has 1 unspecified atom stereocenters. The highest BCUT2D eigenvalue weighted by Gasteiger charge is 2.21. The van der Waals surface area contributed by atoms with Gasteiger partial charge in [0.25, 0.3) is 0 Å². The van der Waals surface area contributed by atoms with E-state index in [9.17, 15) is 0 Å². The third-order valence-corrected chi connectivity index (χ3v) is 3.73.